The predicted octanol–water partition coefficient (Wildman–Crippen LogP) is 5.32. The Morgan fingerprint density at radius 2 is 1.83 bits per heavy atom. The molecule has 6 rings (SSSR count). The number of aromatic carboxylic acids is 1. The number of halogens is 2. The van der Waals surface area contributed by atoms with Gasteiger partial charge in [-0.1, -0.05) is 77.0 Å². The SMILES string of the molecule is O=C(O)c1ccc(C=c2sc3n(c2=O)C(c2ccc(Cl)cc2Cl)C2=C(N=3)c3ccccc3CC2)cc1. The number of thiazole rings is 1. The van der Waals surface area contributed by atoms with Gasteiger partial charge in [0.2, 0.25) is 0 Å². The van der Waals surface area contributed by atoms with Crippen LogP contribution in [0.4, 0.5) is 0 Å². The monoisotopic (exact) mass is 532 g/mol. The van der Waals surface area contributed by atoms with Gasteiger partial charge in [0.15, 0.2) is 4.80 Å². The van der Waals surface area contributed by atoms with Crippen LogP contribution in [0.3, 0.4) is 0 Å². The molecule has 3 aromatic carbocycles. The fraction of sp³-hybridized carbons (Fsp3) is 0.107. The van der Waals surface area contributed by atoms with Crippen LogP contribution >= 0.6 is 34.5 Å². The number of aromatic nitrogens is 1. The van der Waals surface area contributed by atoms with Gasteiger partial charge in [0.1, 0.15) is 0 Å². The summed E-state index contributed by atoms with van der Waals surface area (Å²) < 4.78 is 2.24. The molecule has 4 aromatic rings. The van der Waals surface area contributed by atoms with Gasteiger partial charge in [0, 0.05) is 15.6 Å². The maximum Gasteiger partial charge on any atom is 0.335 e. The molecule has 0 bridgehead atoms. The highest BCUT2D eigenvalue weighted by Gasteiger charge is 2.33. The molecule has 1 unspecified atom stereocenters. The summed E-state index contributed by atoms with van der Waals surface area (Å²) in [6.07, 6.45) is 3.39. The number of hydrogen-bond acceptors (Lipinski definition) is 4. The predicted molar refractivity (Wildman–Crippen MR) is 143 cm³/mol. The molecule has 8 heteroatoms. The van der Waals surface area contributed by atoms with E-state index in [2.05, 4.69) is 12.1 Å². The molecular formula is C28H18Cl2N2O3S. The molecule has 2 aliphatic rings. The van der Waals surface area contributed by atoms with Crippen molar-refractivity contribution in [2.24, 2.45) is 4.99 Å². The summed E-state index contributed by atoms with van der Waals surface area (Å²) in [5, 5.41) is 10.2. The molecule has 1 N–H and O–H groups in total. The Hall–Kier alpha value is -3.45. The summed E-state index contributed by atoms with van der Waals surface area (Å²) in [6.45, 7) is 0. The molecule has 1 aromatic heterocycles. The number of hydrogen-bond donors (Lipinski definition) is 1. The van der Waals surface area contributed by atoms with E-state index in [1.807, 2.05) is 18.2 Å². The number of allylic oxidation sites excluding steroid dienone is 1. The molecule has 0 spiro atoms. The molecule has 0 saturated heterocycles. The third-order valence-electron chi connectivity index (χ3n) is 6.59. The maximum absolute atomic E-state index is 13.8. The van der Waals surface area contributed by atoms with Crippen LogP contribution in [0.2, 0.25) is 10.0 Å². The lowest BCUT2D eigenvalue weighted by Gasteiger charge is -2.31. The van der Waals surface area contributed by atoms with Gasteiger partial charge in [-0.25, -0.2) is 9.79 Å². The van der Waals surface area contributed by atoms with Crippen molar-refractivity contribution in [3.63, 3.8) is 0 Å². The molecule has 36 heavy (non-hydrogen) atoms. The highest BCUT2D eigenvalue weighted by molar-refractivity contribution is 7.07. The zero-order chi connectivity index (χ0) is 25.0. The molecule has 5 nitrogen and oxygen atoms in total. The number of carboxylic acid groups (broad SMARTS) is 1. The van der Waals surface area contributed by atoms with Crippen LogP contribution in [-0.2, 0) is 6.42 Å². The average Bonchev–Trinajstić information content (AvgIpc) is 3.18. The zero-order valence-electron chi connectivity index (χ0n) is 18.7. The van der Waals surface area contributed by atoms with Gasteiger partial charge in [0.25, 0.3) is 5.56 Å². The van der Waals surface area contributed by atoms with E-state index in [4.69, 9.17) is 28.2 Å². The smallest absolute Gasteiger partial charge is 0.335 e. The zero-order valence-corrected chi connectivity index (χ0v) is 21.1. The molecule has 1 aliphatic carbocycles. The molecule has 178 valence electrons. The Kier molecular flexibility index (Phi) is 5.67. The molecular weight excluding hydrogens is 515 g/mol. The minimum Gasteiger partial charge on any atom is -0.478 e. The highest BCUT2D eigenvalue weighted by atomic mass is 35.5. The first-order chi connectivity index (χ1) is 17.4. The first kappa shape index (κ1) is 23.0. The van der Waals surface area contributed by atoms with Crippen molar-refractivity contribution in [2.75, 3.05) is 0 Å². The summed E-state index contributed by atoms with van der Waals surface area (Å²) in [6, 6.07) is 19.6. The Labute approximate surface area is 219 Å². The lowest BCUT2D eigenvalue weighted by atomic mass is 9.83. The van der Waals surface area contributed by atoms with Crippen LogP contribution in [0.15, 0.2) is 82.1 Å². The second-order valence-electron chi connectivity index (χ2n) is 8.71. The second-order valence-corrected chi connectivity index (χ2v) is 10.6. The van der Waals surface area contributed by atoms with Crippen molar-refractivity contribution in [3.05, 3.63) is 130 Å². The third kappa shape index (κ3) is 3.82. The number of carbonyl (C=O) groups is 1. The van der Waals surface area contributed by atoms with E-state index >= 15 is 0 Å². The van der Waals surface area contributed by atoms with Crippen LogP contribution in [0, 0.1) is 0 Å². The van der Waals surface area contributed by atoms with Crippen molar-refractivity contribution < 1.29 is 9.90 Å². The van der Waals surface area contributed by atoms with Crippen molar-refractivity contribution in [1.82, 2.24) is 4.57 Å². The Morgan fingerprint density at radius 3 is 2.58 bits per heavy atom. The van der Waals surface area contributed by atoms with E-state index in [9.17, 15) is 14.7 Å². The molecule has 1 atom stereocenters. The van der Waals surface area contributed by atoms with Gasteiger partial charge in [-0.2, -0.15) is 0 Å². The van der Waals surface area contributed by atoms with E-state index < -0.39 is 12.0 Å². The van der Waals surface area contributed by atoms with E-state index in [0.29, 0.717) is 19.4 Å². The first-order valence-electron chi connectivity index (χ1n) is 11.3. The number of fused-ring (bicyclic) bond motifs is 3. The lowest BCUT2D eigenvalue weighted by Crippen LogP contribution is -2.38. The topological polar surface area (TPSA) is 71.7 Å². The molecule has 2 heterocycles. The fourth-order valence-electron chi connectivity index (χ4n) is 4.90. The summed E-state index contributed by atoms with van der Waals surface area (Å²) in [5.74, 6) is -0.994. The van der Waals surface area contributed by atoms with E-state index in [0.717, 1.165) is 40.8 Å². The highest BCUT2D eigenvalue weighted by Crippen LogP contribution is 2.43. The van der Waals surface area contributed by atoms with Gasteiger partial charge in [-0.15, -0.1) is 0 Å². The summed E-state index contributed by atoms with van der Waals surface area (Å²) in [5.41, 5.74) is 5.84. The van der Waals surface area contributed by atoms with Crippen LogP contribution in [0.25, 0.3) is 11.8 Å². The largest absolute Gasteiger partial charge is 0.478 e. The van der Waals surface area contributed by atoms with Crippen molar-refractivity contribution in [1.29, 1.82) is 0 Å². The van der Waals surface area contributed by atoms with Crippen molar-refractivity contribution >= 4 is 52.3 Å². The summed E-state index contributed by atoms with van der Waals surface area (Å²) >= 11 is 14.2. The number of rotatable bonds is 3. The van der Waals surface area contributed by atoms with Gasteiger partial charge >= 0.3 is 5.97 Å². The van der Waals surface area contributed by atoms with Crippen molar-refractivity contribution in [3.8, 4) is 0 Å². The van der Waals surface area contributed by atoms with Crippen molar-refractivity contribution in [2.45, 2.75) is 18.9 Å². The minimum atomic E-state index is -0.994. The molecule has 0 radical (unpaired) electrons. The molecule has 1 aliphatic heterocycles. The molecule has 0 saturated carbocycles. The van der Waals surface area contributed by atoms with E-state index in [1.165, 1.54) is 29.0 Å². The van der Waals surface area contributed by atoms with Crippen LogP contribution < -0.4 is 14.9 Å². The fourth-order valence-corrected chi connectivity index (χ4v) is 6.41. The number of aryl methyl sites for hydroxylation is 1. The summed E-state index contributed by atoms with van der Waals surface area (Å²) in [4.78, 5) is 30.5. The van der Waals surface area contributed by atoms with Gasteiger partial charge < -0.3 is 5.11 Å². The lowest BCUT2D eigenvalue weighted by molar-refractivity contribution is 0.0697. The van der Waals surface area contributed by atoms with E-state index in [1.54, 1.807) is 34.9 Å². The Bertz CT molecular complexity index is 1770. The Balaban J connectivity index is 1.60. The minimum absolute atomic E-state index is 0.164. The quantitative estimate of drug-likeness (QED) is 0.388. The summed E-state index contributed by atoms with van der Waals surface area (Å²) in [7, 11) is 0. The Morgan fingerprint density at radius 1 is 1.06 bits per heavy atom. The van der Waals surface area contributed by atoms with Crippen LogP contribution in [0.5, 0.6) is 0 Å². The second kappa shape index (κ2) is 8.89. The van der Waals surface area contributed by atoms with Gasteiger partial charge in [-0.05, 0) is 65.4 Å². The number of benzene rings is 3. The maximum atomic E-state index is 13.8. The number of nitrogens with zero attached hydrogens (tertiary/aromatic N) is 2. The molecule has 0 amide bonds. The average molecular weight is 533 g/mol. The molecule has 0 fully saturated rings. The number of carboxylic acids is 1. The van der Waals surface area contributed by atoms with E-state index in [-0.39, 0.29) is 11.1 Å². The first-order valence-corrected chi connectivity index (χ1v) is 12.9. The standard InChI is InChI=1S/C28H18Cl2N2O3S/c29-18-10-12-20(22(30)14-18)25-21-11-9-16-3-1-2-4-19(16)24(21)31-28-32(25)26(33)23(36-28)13-15-5-7-17(8-6-15)27(34)35/h1-8,10,12-14,25H,9,11H2,(H,34,35). The van der Waals surface area contributed by atoms with Gasteiger partial charge in [0.05, 0.1) is 21.8 Å². The van der Waals surface area contributed by atoms with Gasteiger partial charge in [-0.3, -0.25) is 9.36 Å². The third-order valence-corrected chi connectivity index (χ3v) is 8.13. The van der Waals surface area contributed by atoms with Crippen LogP contribution in [0.1, 0.15) is 45.1 Å². The van der Waals surface area contributed by atoms with Crippen LogP contribution in [-0.4, -0.2) is 15.6 Å². The normalized spacial score (nSPS) is 16.7.